The Hall–Kier alpha value is -2.63. The van der Waals surface area contributed by atoms with E-state index in [1.54, 1.807) is 17.9 Å². The van der Waals surface area contributed by atoms with Crippen molar-refractivity contribution < 1.29 is 4.74 Å². The van der Waals surface area contributed by atoms with Crippen LogP contribution in [0, 0.1) is 6.92 Å². The highest BCUT2D eigenvalue weighted by Gasteiger charge is 2.28. The lowest BCUT2D eigenvalue weighted by molar-refractivity contribution is 0.181. The molecule has 3 heterocycles. The molecule has 0 N–H and O–H groups in total. The Morgan fingerprint density at radius 1 is 1.20 bits per heavy atom. The maximum Gasteiger partial charge on any atom is 0.274 e. The number of methoxy groups -OCH3 is 1. The molecular formula is C24H26ClN3O2. The van der Waals surface area contributed by atoms with Gasteiger partial charge in [0.25, 0.3) is 5.56 Å². The van der Waals surface area contributed by atoms with Crippen LogP contribution in [0.3, 0.4) is 0 Å². The summed E-state index contributed by atoms with van der Waals surface area (Å²) >= 11 is 6.21. The minimum absolute atomic E-state index is 0.00147. The van der Waals surface area contributed by atoms with E-state index in [4.69, 9.17) is 16.3 Å². The smallest absolute Gasteiger partial charge is 0.274 e. The van der Waals surface area contributed by atoms with Crippen LogP contribution in [0.1, 0.15) is 18.4 Å². The molecule has 0 radical (unpaired) electrons. The van der Waals surface area contributed by atoms with Gasteiger partial charge in [-0.25, -0.2) is 4.98 Å². The molecule has 0 aliphatic carbocycles. The zero-order valence-corrected chi connectivity index (χ0v) is 18.3. The fourth-order valence-electron chi connectivity index (χ4n) is 4.38. The minimum atomic E-state index is -0.00147. The van der Waals surface area contributed by atoms with E-state index < -0.39 is 0 Å². The zero-order chi connectivity index (χ0) is 21.3. The molecule has 5 nitrogen and oxygen atoms in total. The first kappa shape index (κ1) is 20.6. The molecule has 1 atom stereocenters. The van der Waals surface area contributed by atoms with Crippen LogP contribution in [0.15, 0.2) is 53.5 Å². The van der Waals surface area contributed by atoms with Gasteiger partial charge in [0, 0.05) is 32.5 Å². The molecule has 6 heteroatoms. The number of halogens is 1. The quantitative estimate of drug-likeness (QED) is 0.558. The maximum atomic E-state index is 13.5. The van der Waals surface area contributed by atoms with Crippen molar-refractivity contribution in [2.45, 2.75) is 25.8 Å². The number of aromatic nitrogens is 2. The summed E-state index contributed by atoms with van der Waals surface area (Å²) in [5, 5.41) is 0.427. The van der Waals surface area contributed by atoms with Gasteiger partial charge in [-0.3, -0.25) is 4.79 Å². The lowest BCUT2D eigenvalue weighted by atomic mass is 9.97. The predicted octanol–water partition coefficient (Wildman–Crippen LogP) is 4.69. The Morgan fingerprint density at radius 3 is 2.77 bits per heavy atom. The van der Waals surface area contributed by atoms with Gasteiger partial charge in [-0.2, -0.15) is 0 Å². The van der Waals surface area contributed by atoms with Crippen LogP contribution in [-0.4, -0.2) is 35.9 Å². The van der Waals surface area contributed by atoms with Crippen LogP contribution in [0.25, 0.3) is 22.4 Å². The van der Waals surface area contributed by atoms with Crippen molar-refractivity contribution >= 4 is 17.3 Å². The summed E-state index contributed by atoms with van der Waals surface area (Å²) < 4.78 is 7.17. The van der Waals surface area contributed by atoms with Crippen molar-refractivity contribution in [3.63, 3.8) is 0 Å². The average molecular weight is 424 g/mol. The van der Waals surface area contributed by atoms with Gasteiger partial charge in [0.15, 0.2) is 0 Å². The van der Waals surface area contributed by atoms with Crippen molar-refractivity contribution in [1.82, 2.24) is 9.55 Å². The monoisotopic (exact) mass is 423 g/mol. The summed E-state index contributed by atoms with van der Waals surface area (Å²) in [5.41, 5.74) is 5.62. The van der Waals surface area contributed by atoms with Crippen molar-refractivity contribution in [3.8, 4) is 22.4 Å². The minimum Gasteiger partial charge on any atom is -0.383 e. The van der Waals surface area contributed by atoms with E-state index in [2.05, 4.69) is 28.9 Å². The molecule has 0 saturated carbocycles. The largest absolute Gasteiger partial charge is 0.383 e. The van der Waals surface area contributed by atoms with Crippen LogP contribution in [-0.2, 0) is 11.8 Å². The molecule has 156 valence electrons. The summed E-state index contributed by atoms with van der Waals surface area (Å²) in [6.07, 6.45) is 3.77. The SMILES string of the molecule is COC[C@@H]1CCCN1c1cc(-c2ccnc(Cl)c2)c(-c2cccc(C)c2)n(C)c1=O. The van der Waals surface area contributed by atoms with Crippen molar-refractivity contribution in [3.05, 3.63) is 69.7 Å². The normalized spacial score (nSPS) is 16.3. The van der Waals surface area contributed by atoms with Crippen LogP contribution in [0.2, 0.25) is 5.15 Å². The molecule has 0 unspecified atom stereocenters. The molecular weight excluding hydrogens is 398 g/mol. The third-order valence-corrected chi connectivity index (χ3v) is 5.98. The molecule has 2 aromatic heterocycles. The summed E-state index contributed by atoms with van der Waals surface area (Å²) in [5.74, 6) is 0. The third kappa shape index (κ3) is 3.87. The fraction of sp³-hybridized carbons (Fsp3) is 0.333. The van der Waals surface area contributed by atoms with Gasteiger partial charge in [-0.05, 0) is 55.2 Å². The second kappa shape index (κ2) is 8.62. The van der Waals surface area contributed by atoms with Gasteiger partial charge in [0.05, 0.1) is 18.3 Å². The number of hydrogen-bond donors (Lipinski definition) is 0. The van der Waals surface area contributed by atoms with Gasteiger partial charge in [-0.15, -0.1) is 0 Å². The van der Waals surface area contributed by atoms with Gasteiger partial charge in [-0.1, -0.05) is 35.4 Å². The summed E-state index contributed by atoms with van der Waals surface area (Å²) in [6, 6.07) is 14.2. The molecule has 3 aromatic rings. The zero-order valence-electron chi connectivity index (χ0n) is 17.6. The van der Waals surface area contributed by atoms with Crippen molar-refractivity contribution in [2.75, 3.05) is 25.2 Å². The van der Waals surface area contributed by atoms with Crippen molar-refractivity contribution in [2.24, 2.45) is 7.05 Å². The van der Waals surface area contributed by atoms with E-state index in [1.807, 2.05) is 37.4 Å². The van der Waals surface area contributed by atoms with E-state index in [0.29, 0.717) is 17.4 Å². The summed E-state index contributed by atoms with van der Waals surface area (Å²) in [7, 11) is 3.55. The number of nitrogens with zero attached hydrogens (tertiary/aromatic N) is 3. The number of hydrogen-bond acceptors (Lipinski definition) is 4. The average Bonchev–Trinajstić information content (AvgIpc) is 3.18. The molecule has 0 bridgehead atoms. The van der Waals surface area contributed by atoms with Crippen LogP contribution < -0.4 is 10.5 Å². The summed E-state index contributed by atoms with van der Waals surface area (Å²) in [4.78, 5) is 19.8. The van der Waals surface area contributed by atoms with Gasteiger partial charge >= 0.3 is 0 Å². The Labute approximate surface area is 181 Å². The van der Waals surface area contributed by atoms with E-state index in [0.717, 1.165) is 47.3 Å². The van der Waals surface area contributed by atoms with Crippen LogP contribution in [0.4, 0.5) is 5.69 Å². The number of pyridine rings is 2. The predicted molar refractivity (Wildman–Crippen MR) is 122 cm³/mol. The standard InChI is InChI=1S/C24H26ClN3O2/c1-16-6-4-7-18(12-16)23-20(17-9-10-26-22(25)13-17)14-21(24(29)27(23)2)28-11-5-8-19(28)15-30-3/h4,6-7,9-10,12-14,19H,5,8,11,15H2,1-3H3/t19-/m0/s1. The number of anilines is 1. The molecule has 1 fully saturated rings. The molecule has 4 rings (SSSR count). The fourth-order valence-corrected chi connectivity index (χ4v) is 4.55. The Balaban J connectivity index is 1.97. The number of aryl methyl sites for hydroxylation is 1. The molecule has 0 amide bonds. The van der Waals surface area contributed by atoms with E-state index in [-0.39, 0.29) is 11.6 Å². The van der Waals surface area contributed by atoms with Crippen molar-refractivity contribution in [1.29, 1.82) is 0 Å². The van der Waals surface area contributed by atoms with E-state index in [9.17, 15) is 4.79 Å². The lowest BCUT2D eigenvalue weighted by Crippen LogP contribution is -2.38. The topological polar surface area (TPSA) is 47.4 Å². The lowest BCUT2D eigenvalue weighted by Gasteiger charge is -2.28. The second-order valence-corrected chi connectivity index (χ2v) is 8.22. The molecule has 1 aliphatic heterocycles. The molecule has 30 heavy (non-hydrogen) atoms. The van der Waals surface area contributed by atoms with E-state index >= 15 is 0 Å². The maximum absolute atomic E-state index is 13.5. The van der Waals surface area contributed by atoms with Gasteiger partial charge < -0.3 is 14.2 Å². The van der Waals surface area contributed by atoms with Crippen LogP contribution >= 0.6 is 11.6 Å². The first-order chi connectivity index (χ1) is 14.5. The highest BCUT2D eigenvalue weighted by molar-refractivity contribution is 6.29. The molecule has 1 aromatic carbocycles. The second-order valence-electron chi connectivity index (χ2n) is 7.84. The molecule has 1 saturated heterocycles. The van der Waals surface area contributed by atoms with E-state index in [1.165, 1.54) is 0 Å². The highest BCUT2D eigenvalue weighted by atomic mass is 35.5. The van der Waals surface area contributed by atoms with Gasteiger partial charge in [0.1, 0.15) is 10.8 Å². The molecule has 1 aliphatic rings. The Kier molecular flexibility index (Phi) is 5.93. The first-order valence-corrected chi connectivity index (χ1v) is 10.6. The Bertz CT molecular complexity index is 1130. The van der Waals surface area contributed by atoms with Gasteiger partial charge in [0.2, 0.25) is 0 Å². The first-order valence-electron chi connectivity index (χ1n) is 10.2. The summed E-state index contributed by atoms with van der Waals surface area (Å²) in [6.45, 7) is 3.52. The van der Waals surface area contributed by atoms with Crippen LogP contribution in [0.5, 0.6) is 0 Å². The number of rotatable bonds is 5. The third-order valence-electron chi connectivity index (χ3n) is 5.77. The Morgan fingerprint density at radius 2 is 2.03 bits per heavy atom. The number of ether oxygens (including phenoxy) is 1. The number of benzene rings is 1. The highest BCUT2D eigenvalue weighted by Crippen LogP contribution is 2.35. The molecule has 0 spiro atoms.